The summed E-state index contributed by atoms with van der Waals surface area (Å²) in [5.74, 6) is 0.296. The highest BCUT2D eigenvalue weighted by Crippen LogP contribution is 2.33. The third kappa shape index (κ3) is 4.98. The molecule has 0 atom stereocenters. The van der Waals surface area contributed by atoms with Crippen molar-refractivity contribution in [3.8, 4) is 0 Å². The third-order valence-corrected chi connectivity index (χ3v) is 4.69. The quantitative estimate of drug-likeness (QED) is 0.665. The van der Waals surface area contributed by atoms with Gasteiger partial charge in [-0.3, -0.25) is 9.59 Å². The molecule has 2 rings (SSSR count). The molecule has 114 valence electrons. The first kappa shape index (κ1) is 15.6. The fraction of sp³-hybridized carbons (Fsp3) is 0.875. The van der Waals surface area contributed by atoms with E-state index in [-0.39, 0.29) is 23.4 Å². The van der Waals surface area contributed by atoms with E-state index in [1.807, 2.05) is 0 Å². The van der Waals surface area contributed by atoms with Crippen molar-refractivity contribution in [2.45, 2.75) is 57.8 Å². The summed E-state index contributed by atoms with van der Waals surface area (Å²) in [7, 11) is 0. The molecule has 2 aliphatic heterocycles. The van der Waals surface area contributed by atoms with E-state index in [2.05, 4.69) is 10.6 Å². The maximum absolute atomic E-state index is 12.2. The zero-order chi connectivity index (χ0) is 14.3. The van der Waals surface area contributed by atoms with E-state index in [1.54, 1.807) is 0 Å². The van der Waals surface area contributed by atoms with Gasteiger partial charge in [-0.25, -0.2) is 0 Å². The number of hydrogen-bond acceptors (Lipinski definition) is 4. The molecule has 1 spiro atoms. The summed E-state index contributed by atoms with van der Waals surface area (Å²) in [6, 6.07) is 0. The van der Waals surface area contributed by atoms with Gasteiger partial charge >= 0.3 is 0 Å². The molecule has 2 heterocycles. The monoisotopic (exact) mass is 280 g/mol. The van der Waals surface area contributed by atoms with Gasteiger partial charge in [0.2, 0.25) is 0 Å². The summed E-state index contributed by atoms with van der Waals surface area (Å²) in [5.41, 5.74) is 0.0800. The number of ketones is 2. The first-order valence-corrected chi connectivity index (χ1v) is 8.15. The molecule has 2 N–H and O–H groups in total. The van der Waals surface area contributed by atoms with Gasteiger partial charge in [-0.05, 0) is 50.7 Å². The fourth-order valence-electron chi connectivity index (χ4n) is 3.44. The summed E-state index contributed by atoms with van der Waals surface area (Å²) >= 11 is 0. The smallest absolute Gasteiger partial charge is 0.140 e. The van der Waals surface area contributed by atoms with Crippen molar-refractivity contribution in [3.05, 3.63) is 0 Å². The average Bonchev–Trinajstić information content (AvgIpc) is 2.42. The van der Waals surface area contributed by atoms with Crippen LogP contribution in [0.4, 0.5) is 0 Å². The van der Waals surface area contributed by atoms with Crippen molar-refractivity contribution in [1.29, 1.82) is 0 Å². The Kier molecular flexibility index (Phi) is 6.17. The lowest BCUT2D eigenvalue weighted by molar-refractivity contribution is -0.128. The molecule has 0 unspecified atom stereocenters. The lowest BCUT2D eigenvalue weighted by Gasteiger charge is -2.37. The van der Waals surface area contributed by atoms with Gasteiger partial charge in [0.15, 0.2) is 0 Å². The zero-order valence-electron chi connectivity index (χ0n) is 12.5. The van der Waals surface area contributed by atoms with Gasteiger partial charge in [0.1, 0.15) is 11.6 Å². The Morgan fingerprint density at radius 2 is 1.55 bits per heavy atom. The molecule has 2 fully saturated rings. The van der Waals surface area contributed by atoms with E-state index in [0.29, 0.717) is 12.8 Å². The van der Waals surface area contributed by atoms with E-state index in [9.17, 15) is 9.59 Å². The highest BCUT2D eigenvalue weighted by Gasteiger charge is 2.34. The maximum atomic E-state index is 12.2. The molecule has 0 saturated carbocycles. The molecule has 4 heteroatoms. The lowest BCUT2D eigenvalue weighted by atomic mass is 9.74. The minimum Gasteiger partial charge on any atom is -0.317 e. The second-order valence-electron chi connectivity index (χ2n) is 6.52. The van der Waals surface area contributed by atoms with Crippen LogP contribution in [0, 0.1) is 5.41 Å². The highest BCUT2D eigenvalue weighted by atomic mass is 16.1. The Hall–Kier alpha value is -0.740. The Bertz CT molecular complexity index is 335. The van der Waals surface area contributed by atoms with Crippen LogP contribution in [0.5, 0.6) is 0 Å². The molecule has 0 aromatic rings. The van der Waals surface area contributed by atoms with Crippen molar-refractivity contribution in [2.75, 3.05) is 26.2 Å². The number of Topliss-reactive ketones (excluding diaryl/α,β-unsaturated/α-hetero) is 2. The Balaban J connectivity index is 1.98. The minimum atomic E-state index is 0.0800. The average molecular weight is 280 g/mol. The summed E-state index contributed by atoms with van der Waals surface area (Å²) < 4.78 is 0. The predicted molar refractivity (Wildman–Crippen MR) is 79.7 cm³/mol. The molecular formula is C16H28N2O2. The summed E-state index contributed by atoms with van der Waals surface area (Å²) in [6.45, 7) is 3.94. The summed E-state index contributed by atoms with van der Waals surface area (Å²) in [4.78, 5) is 24.0. The number of carbonyl (C=O) groups excluding carboxylic acids is 2. The van der Waals surface area contributed by atoms with E-state index >= 15 is 0 Å². The molecule has 2 aliphatic rings. The van der Waals surface area contributed by atoms with E-state index in [0.717, 1.165) is 51.9 Å². The van der Waals surface area contributed by atoms with Crippen molar-refractivity contribution < 1.29 is 9.59 Å². The molecule has 4 nitrogen and oxygen atoms in total. The molecule has 2 saturated heterocycles. The van der Waals surface area contributed by atoms with Crippen LogP contribution in [0.1, 0.15) is 57.8 Å². The van der Waals surface area contributed by atoms with Gasteiger partial charge in [0.05, 0.1) is 6.42 Å². The molecule has 0 amide bonds. The Labute approximate surface area is 122 Å². The van der Waals surface area contributed by atoms with Crippen LogP contribution in [-0.2, 0) is 9.59 Å². The van der Waals surface area contributed by atoms with Gasteiger partial charge in [0.25, 0.3) is 0 Å². The maximum Gasteiger partial charge on any atom is 0.140 e. The topological polar surface area (TPSA) is 58.2 Å². The van der Waals surface area contributed by atoms with Crippen molar-refractivity contribution in [2.24, 2.45) is 5.41 Å². The van der Waals surface area contributed by atoms with Crippen molar-refractivity contribution >= 4 is 11.6 Å². The van der Waals surface area contributed by atoms with Crippen molar-refractivity contribution in [3.63, 3.8) is 0 Å². The number of carbonyl (C=O) groups is 2. The van der Waals surface area contributed by atoms with Crippen LogP contribution >= 0.6 is 0 Å². The fourth-order valence-corrected chi connectivity index (χ4v) is 3.44. The van der Waals surface area contributed by atoms with Crippen LogP contribution in [0.2, 0.25) is 0 Å². The van der Waals surface area contributed by atoms with Gasteiger partial charge < -0.3 is 10.6 Å². The summed E-state index contributed by atoms with van der Waals surface area (Å²) in [5, 5.41) is 6.92. The molecule has 0 bridgehead atoms. The number of nitrogens with one attached hydrogen (secondary N) is 2. The van der Waals surface area contributed by atoms with E-state index in [1.165, 1.54) is 12.8 Å². The second kappa shape index (κ2) is 7.89. The molecule has 0 aromatic heterocycles. The number of hydrogen-bond donors (Lipinski definition) is 2. The first-order chi connectivity index (χ1) is 9.70. The van der Waals surface area contributed by atoms with Crippen LogP contribution in [0.25, 0.3) is 0 Å². The molecular weight excluding hydrogens is 252 g/mol. The van der Waals surface area contributed by atoms with Crippen molar-refractivity contribution in [1.82, 2.24) is 10.6 Å². The second-order valence-corrected chi connectivity index (χ2v) is 6.52. The van der Waals surface area contributed by atoms with Gasteiger partial charge in [-0.15, -0.1) is 0 Å². The number of piperidine rings is 1. The molecule has 0 aromatic carbocycles. The van der Waals surface area contributed by atoms with Crippen LogP contribution < -0.4 is 10.6 Å². The lowest BCUT2D eigenvalue weighted by Crippen LogP contribution is -2.44. The van der Waals surface area contributed by atoms with Gasteiger partial charge in [-0.2, -0.15) is 0 Å². The van der Waals surface area contributed by atoms with E-state index < -0.39 is 0 Å². The van der Waals surface area contributed by atoms with E-state index in [4.69, 9.17) is 0 Å². The first-order valence-electron chi connectivity index (χ1n) is 8.15. The largest absolute Gasteiger partial charge is 0.317 e. The summed E-state index contributed by atoms with van der Waals surface area (Å²) in [6.07, 6.45) is 7.83. The zero-order valence-corrected chi connectivity index (χ0v) is 12.5. The SMILES string of the molecule is O=C1CCCCCCNCC2(CCNCC2)CC(=O)C1. The van der Waals surface area contributed by atoms with Crippen LogP contribution in [-0.4, -0.2) is 37.7 Å². The molecule has 0 aliphatic carbocycles. The molecule has 0 radical (unpaired) electrons. The van der Waals surface area contributed by atoms with Gasteiger partial charge in [-0.1, -0.05) is 12.8 Å². The van der Waals surface area contributed by atoms with Crippen LogP contribution in [0.15, 0.2) is 0 Å². The normalized spacial score (nSPS) is 26.6. The standard InChI is InChI=1S/C16H28N2O2/c19-14-5-3-1-2-4-8-18-13-16(12-15(20)11-14)6-9-17-10-7-16/h17-18H,1-13H2. The Morgan fingerprint density at radius 1 is 0.800 bits per heavy atom. The predicted octanol–water partition coefficient (Wildman–Crippen LogP) is 1.83. The highest BCUT2D eigenvalue weighted by molar-refractivity contribution is 5.99. The van der Waals surface area contributed by atoms with Gasteiger partial charge in [0, 0.05) is 19.4 Å². The third-order valence-electron chi connectivity index (χ3n) is 4.69. The van der Waals surface area contributed by atoms with Crippen LogP contribution in [0.3, 0.4) is 0 Å². The minimum absolute atomic E-state index is 0.0800. The molecule has 20 heavy (non-hydrogen) atoms. The number of rotatable bonds is 0. The Morgan fingerprint density at radius 3 is 2.35 bits per heavy atom.